The lowest BCUT2D eigenvalue weighted by Gasteiger charge is -2.40. The van der Waals surface area contributed by atoms with Crippen molar-refractivity contribution in [3.05, 3.63) is 58.7 Å². The van der Waals surface area contributed by atoms with Gasteiger partial charge in [-0.15, -0.1) is 0 Å². The van der Waals surface area contributed by atoms with Gasteiger partial charge in [0.2, 0.25) is 0 Å². The number of nitrogens with zero attached hydrogens (tertiary/aromatic N) is 2. The molecule has 178 valence electrons. The van der Waals surface area contributed by atoms with E-state index in [-0.39, 0.29) is 0 Å². The van der Waals surface area contributed by atoms with E-state index in [2.05, 4.69) is 79.2 Å². The minimum Gasteiger partial charge on any atom is -0.371 e. The molecular formula is C29H41N3S. The number of nitrogens with one attached hydrogen (secondary N) is 1. The lowest BCUT2D eigenvalue weighted by atomic mass is 9.84. The lowest BCUT2D eigenvalue weighted by molar-refractivity contribution is 0.177. The molecule has 2 aromatic carbocycles. The highest BCUT2D eigenvalue weighted by molar-refractivity contribution is 7.80. The largest absolute Gasteiger partial charge is 0.371 e. The van der Waals surface area contributed by atoms with Gasteiger partial charge in [-0.2, -0.15) is 0 Å². The Hall–Kier alpha value is -2.07. The summed E-state index contributed by atoms with van der Waals surface area (Å²) in [6, 6.07) is 14.2. The Kier molecular flexibility index (Phi) is 7.95. The molecule has 0 saturated heterocycles. The number of rotatable bonds is 6. The molecule has 0 unspecified atom stereocenters. The average Bonchev–Trinajstić information content (AvgIpc) is 2.80. The second-order valence-corrected chi connectivity index (χ2v) is 10.6. The van der Waals surface area contributed by atoms with E-state index in [1.54, 1.807) is 0 Å². The predicted molar refractivity (Wildman–Crippen MR) is 146 cm³/mol. The van der Waals surface area contributed by atoms with Gasteiger partial charge >= 0.3 is 0 Å². The fourth-order valence-corrected chi connectivity index (χ4v) is 6.08. The molecule has 0 spiro atoms. The maximum absolute atomic E-state index is 6.06. The minimum absolute atomic E-state index is 0.497. The number of benzene rings is 2. The zero-order chi connectivity index (χ0) is 23.4. The van der Waals surface area contributed by atoms with Crippen molar-refractivity contribution >= 4 is 28.7 Å². The highest BCUT2D eigenvalue weighted by atomic mass is 32.1. The third-order valence-corrected chi connectivity index (χ3v) is 7.89. The molecular weight excluding hydrogens is 422 g/mol. The molecule has 0 aromatic heterocycles. The van der Waals surface area contributed by atoms with E-state index in [0.29, 0.717) is 12.0 Å². The first-order valence-corrected chi connectivity index (χ1v) is 13.4. The number of thiocarbonyl (C=S) groups is 1. The monoisotopic (exact) mass is 463 g/mol. The smallest absolute Gasteiger partial charge is 0.173 e. The summed E-state index contributed by atoms with van der Waals surface area (Å²) < 4.78 is 0. The predicted octanol–water partition coefficient (Wildman–Crippen LogP) is 7.24. The van der Waals surface area contributed by atoms with Crippen LogP contribution < -0.4 is 10.2 Å². The summed E-state index contributed by atoms with van der Waals surface area (Å²) in [5.74, 6) is 0.662. The standard InChI is InChI=1S/C29H41N3S/c1-5-16-31-17-8-10-25-19-24(13-15-28(25)31)20-32(27-11-7-6-9-22(27)3)29(33)30-26-14-12-21(2)18-23(26)4/h12-15,18-19,22,27H,5-11,16-17,20H2,1-4H3,(H,30,33)/t22-,27-/m1/s1. The van der Waals surface area contributed by atoms with Gasteiger partial charge in [-0.1, -0.05) is 56.5 Å². The van der Waals surface area contributed by atoms with Crippen LogP contribution in [0.3, 0.4) is 0 Å². The molecule has 1 fully saturated rings. The quantitative estimate of drug-likeness (QED) is 0.455. The number of hydrogen-bond acceptors (Lipinski definition) is 2. The van der Waals surface area contributed by atoms with Crippen molar-refractivity contribution in [1.29, 1.82) is 0 Å². The Bertz CT molecular complexity index is 969. The van der Waals surface area contributed by atoms with E-state index >= 15 is 0 Å². The van der Waals surface area contributed by atoms with Gasteiger partial charge in [-0.25, -0.2) is 0 Å². The molecule has 4 rings (SSSR count). The van der Waals surface area contributed by atoms with E-state index in [9.17, 15) is 0 Å². The van der Waals surface area contributed by atoms with Gasteiger partial charge in [0.1, 0.15) is 0 Å². The summed E-state index contributed by atoms with van der Waals surface area (Å²) in [6.07, 6.45) is 8.81. The Balaban J connectivity index is 1.58. The summed E-state index contributed by atoms with van der Waals surface area (Å²) >= 11 is 6.06. The molecule has 0 radical (unpaired) electrons. The van der Waals surface area contributed by atoms with Gasteiger partial charge in [-0.3, -0.25) is 0 Å². The minimum atomic E-state index is 0.497. The molecule has 0 amide bonds. The van der Waals surface area contributed by atoms with Crippen molar-refractivity contribution in [3.8, 4) is 0 Å². The molecule has 2 aliphatic rings. The zero-order valence-electron chi connectivity index (χ0n) is 21.0. The SMILES string of the molecule is CCCN1CCCc2cc(CN(C(=S)Nc3ccc(C)cc3C)[C@@H]3CCCC[C@H]3C)ccc21. The summed E-state index contributed by atoms with van der Waals surface area (Å²) in [4.78, 5) is 5.06. The van der Waals surface area contributed by atoms with Crippen LogP contribution in [0.5, 0.6) is 0 Å². The molecule has 0 bridgehead atoms. The van der Waals surface area contributed by atoms with Crippen LogP contribution in [0.25, 0.3) is 0 Å². The number of aryl methyl sites for hydroxylation is 3. The van der Waals surface area contributed by atoms with Crippen LogP contribution >= 0.6 is 12.2 Å². The normalized spacial score (nSPS) is 20.3. The fourth-order valence-electron chi connectivity index (χ4n) is 5.77. The Morgan fingerprint density at radius 2 is 1.91 bits per heavy atom. The van der Waals surface area contributed by atoms with Crippen LogP contribution in [0.15, 0.2) is 36.4 Å². The second-order valence-electron chi connectivity index (χ2n) is 10.3. The maximum Gasteiger partial charge on any atom is 0.173 e. The summed E-state index contributed by atoms with van der Waals surface area (Å²) in [7, 11) is 0. The Morgan fingerprint density at radius 3 is 2.67 bits per heavy atom. The molecule has 1 N–H and O–H groups in total. The first-order valence-electron chi connectivity index (χ1n) is 13.0. The van der Waals surface area contributed by atoms with Gasteiger partial charge in [-0.05, 0) is 92.9 Å². The Morgan fingerprint density at radius 1 is 1.09 bits per heavy atom. The number of hydrogen-bond donors (Lipinski definition) is 1. The topological polar surface area (TPSA) is 18.5 Å². The first-order chi connectivity index (χ1) is 16.0. The molecule has 33 heavy (non-hydrogen) atoms. The third kappa shape index (κ3) is 5.71. The van der Waals surface area contributed by atoms with Gasteiger partial charge < -0.3 is 15.1 Å². The van der Waals surface area contributed by atoms with Crippen molar-refractivity contribution in [2.24, 2.45) is 5.92 Å². The van der Waals surface area contributed by atoms with Gasteiger partial charge in [0, 0.05) is 37.1 Å². The maximum atomic E-state index is 6.06. The summed E-state index contributed by atoms with van der Waals surface area (Å²) in [5, 5.41) is 4.48. The van der Waals surface area contributed by atoms with E-state index in [1.165, 1.54) is 79.4 Å². The zero-order valence-corrected chi connectivity index (χ0v) is 21.8. The summed E-state index contributed by atoms with van der Waals surface area (Å²) in [5.41, 5.74) is 8.00. The molecule has 1 heterocycles. The van der Waals surface area contributed by atoms with Crippen molar-refractivity contribution < 1.29 is 0 Å². The van der Waals surface area contributed by atoms with Crippen molar-refractivity contribution in [3.63, 3.8) is 0 Å². The van der Waals surface area contributed by atoms with Crippen LogP contribution in [0.2, 0.25) is 0 Å². The van der Waals surface area contributed by atoms with Crippen LogP contribution in [0, 0.1) is 19.8 Å². The highest BCUT2D eigenvalue weighted by Gasteiger charge is 2.29. The second kappa shape index (κ2) is 10.9. The molecule has 1 aliphatic carbocycles. The lowest BCUT2D eigenvalue weighted by Crippen LogP contribution is -2.46. The average molecular weight is 464 g/mol. The van der Waals surface area contributed by atoms with Crippen molar-refractivity contribution in [2.75, 3.05) is 23.3 Å². The third-order valence-electron chi connectivity index (χ3n) is 7.56. The molecule has 2 atom stereocenters. The molecule has 4 heteroatoms. The molecule has 1 aliphatic heterocycles. The highest BCUT2D eigenvalue weighted by Crippen LogP contribution is 2.32. The summed E-state index contributed by atoms with van der Waals surface area (Å²) in [6.45, 7) is 12.2. The molecule has 3 nitrogen and oxygen atoms in total. The first kappa shape index (κ1) is 24.1. The Labute approximate surface area is 206 Å². The van der Waals surface area contributed by atoms with Crippen LogP contribution in [0.4, 0.5) is 11.4 Å². The number of fused-ring (bicyclic) bond motifs is 1. The van der Waals surface area contributed by atoms with E-state index in [1.807, 2.05) is 0 Å². The van der Waals surface area contributed by atoms with Gasteiger partial charge in [0.05, 0.1) is 0 Å². The van der Waals surface area contributed by atoms with Crippen LogP contribution in [0.1, 0.15) is 74.6 Å². The fraction of sp³-hybridized carbons (Fsp3) is 0.552. The van der Waals surface area contributed by atoms with Crippen molar-refractivity contribution in [2.45, 2.75) is 85.2 Å². The van der Waals surface area contributed by atoms with Gasteiger partial charge in [0.25, 0.3) is 0 Å². The molecule has 2 aromatic rings. The van der Waals surface area contributed by atoms with Crippen LogP contribution in [-0.2, 0) is 13.0 Å². The van der Waals surface area contributed by atoms with E-state index < -0.39 is 0 Å². The van der Waals surface area contributed by atoms with E-state index in [4.69, 9.17) is 12.2 Å². The van der Waals surface area contributed by atoms with Crippen molar-refractivity contribution in [1.82, 2.24) is 4.90 Å². The van der Waals surface area contributed by atoms with E-state index in [0.717, 1.165) is 23.9 Å². The van der Waals surface area contributed by atoms with Gasteiger partial charge in [0.15, 0.2) is 5.11 Å². The van der Waals surface area contributed by atoms with Crippen LogP contribution in [-0.4, -0.2) is 29.1 Å². The molecule has 1 saturated carbocycles. The number of anilines is 2.